The van der Waals surface area contributed by atoms with Gasteiger partial charge in [0.1, 0.15) is 12.0 Å². The molecule has 0 amide bonds. The van der Waals surface area contributed by atoms with Crippen molar-refractivity contribution in [3.8, 4) is 11.3 Å². The molecule has 3 aromatic rings. The first-order valence-corrected chi connectivity index (χ1v) is 9.22. The van der Waals surface area contributed by atoms with E-state index < -0.39 is 4.92 Å². The monoisotopic (exact) mass is 420 g/mol. The molecule has 2 heterocycles. The Morgan fingerprint density at radius 2 is 2.07 bits per heavy atom. The van der Waals surface area contributed by atoms with Gasteiger partial charge in [-0.15, -0.1) is 0 Å². The van der Waals surface area contributed by atoms with Crippen LogP contribution in [0.3, 0.4) is 0 Å². The summed E-state index contributed by atoms with van der Waals surface area (Å²) in [5.74, 6) is 0.550. The third-order valence-corrected chi connectivity index (χ3v) is 4.66. The van der Waals surface area contributed by atoms with Crippen LogP contribution >= 0.6 is 23.2 Å². The number of nitrogens with zero attached hydrogens (tertiary/aromatic N) is 4. The largest absolute Gasteiger partial charge is 0.368 e. The van der Waals surface area contributed by atoms with Gasteiger partial charge in [0, 0.05) is 35.8 Å². The molecule has 0 radical (unpaired) electrons. The van der Waals surface area contributed by atoms with Gasteiger partial charge in [0.2, 0.25) is 0 Å². The predicted molar refractivity (Wildman–Crippen MR) is 110 cm³/mol. The first-order valence-electron chi connectivity index (χ1n) is 8.47. The molecular formula is C18H18Cl2N6O2. The zero-order chi connectivity index (χ0) is 20.3. The van der Waals surface area contributed by atoms with Crippen LogP contribution in [0.5, 0.6) is 0 Å². The van der Waals surface area contributed by atoms with E-state index in [1.165, 1.54) is 12.3 Å². The van der Waals surface area contributed by atoms with Crippen molar-refractivity contribution in [3.05, 3.63) is 68.7 Å². The molecule has 0 saturated heterocycles. The van der Waals surface area contributed by atoms with E-state index in [0.717, 1.165) is 11.3 Å². The van der Waals surface area contributed by atoms with Gasteiger partial charge in [-0.1, -0.05) is 23.2 Å². The summed E-state index contributed by atoms with van der Waals surface area (Å²) in [6, 6.07) is 7.96. The van der Waals surface area contributed by atoms with Crippen LogP contribution in [0.15, 0.2) is 42.9 Å². The Morgan fingerprint density at radius 1 is 1.29 bits per heavy atom. The molecule has 10 heteroatoms. The van der Waals surface area contributed by atoms with E-state index in [1.807, 2.05) is 17.6 Å². The molecule has 0 aliphatic carbocycles. The van der Waals surface area contributed by atoms with Gasteiger partial charge in [-0.05, 0) is 31.2 Å². The average molecular weight is 421 g/mol. The van der Waals surface area contributed by atoms with E-state index in [9.17, 15) is 10.1 Å². The van der Waals surface area contributed by atoms with E-state index in [2.05, 4.69) is 15.3 Å². The molecule has 146 valence electrons. The maximum absolute atomic E-state index is 10.7. The maximum atomic E-state index is 10.7. The van der Waals surface area contributed by atoms with E-state index >= 15 is 0 Å². The van der Waals surface area contributed by atoms with Crippen molar-refractivity contribution < 1.29 is 4.92 Å². The van der Waals surface area contributed by atoms with Crippen LogP contribution in [0, 0.1) is 10.1 Å². The average Bonchev–Trinajstić information content (AvgIpc) is 3.06. The van der Waals surface area contributed by atoms with Crippen LogP contribution in [-0.4, -0.2) is 26.0 Å². The molecule has 0 unspecified atom stereocenters. The fourth-order valence-electron chi connectivity index (χ4n) is 2.84. The fourth-order valence-corrected chi connectivity index (χ4v) is 3.34. The predicted octanol–water partition coefficient (Wildman–Crippen LogP) is 4.29. The Kier molecular flexibility index (Phi) is 6.13. The lowest BCUT2D eigenvalue weighted by atomic mass is 10.1. The molecule has 0 bridgehead atoms. The Morgan fingerprint density at radius 3 is 2.68 bits per heavy atom. The standard InChI is InChI=1S/C18H18Cl2N6O2/c1-11(21)18-17(14-4-2-12(19)8-15(14)20)24-10-25(18)7-6-22-16-5-3-13(9-23-16)26(27)28/h2-5,8-11H,6-7,21H2,1H3,(H,22,23)/t11-/m0/s1. The molecule has 1 atom stereocenters. The molecule has 28 heavy (non-hydrogen) atoms. The molecule has 0 fully saturated rings. The minimum atomic E-state index is -0.486. The van der Waals surface area contributed by atoms with Crippen molar-refractivity contribution in [1.29, 1.82) is 0 Å². The highest BCUT2D eigenvalue weighted by Crippen LogP contribution is 2.33. The van der Waals surface area contributed by atoms with Crippen molar-refractivity contribution in [2.24, 2.45) is 5.73 Å². The summed E-state index contributed by atoms with van der Waals surface area (Å²) in [7, 11) is 0. The summed E-state index contributed by atoms with van der Waals surface area (Å²) < 4.78 is 1.95. The topological polar surface area (TPSA) is 112 Å². The highest BCUT2D eigenvalue weighted by Gasteiger charge is 2.18. The number of hydrogen-bond acceptors (Lipinski definition) is 6. The highest BCUT2D eigenvalue weighted by molar-refractivity contribution is 6.36. The van der Waals surface area contributed by atoms with E-state index in [4.69, 9.17) is 28.9 Å². The van der Waals surface area contributed by atoms with E-state index in [0.29, 0.717) is 34.6 Å². The normalized spacial score (nSPS) is 12.0. The minimum absolute atomic E-state index is 0.0520. The number of halogens is 2. The highest BCUT2D eigenvalue weighted by atomic mass is 35.5. The van der Waals surface area contributed by atoms with Crippen LogP contribution in [0.4, 0.5) is 11.5 Å². The van der Waals surface area contributed by atoms with Gasteiger partial charge in [-0.3, -0.25) is 10.1 Å². The molecule has 2 aromatic heterocycles. The molecular weight excluding hydrogens is 403 g/mol. The molecule has 0 aliphatic heterocycles. The number of nitro groups is 1. The summed E-state index contributed by atoms with van der Waals surface area (Å²) in [6.07, 6.45) is 2.93. The number of imidazole rings is 1. The zero-order valence-corrected chi connectivity index (χ0v) is 16.5. The second-order valence-electron chi connectivity index (χ2n) is 6.17. The molecule has 1 aromatic carbocycles. The maximum Gasteiger partial charge on any atom is 0.287 e. The number of anilines is 1. The summed E-state index contributed by atoms with van der Waals surface area (Å²) in [6.45, 7) is 2.99. The molecule has 3 N–H and O–H groups in total. The Labute approximate surface area is 171 Å². The fraction of sp³-hybridized carbons (Fsp3) is 0.222. The Bertz CT molecular complexity index is 988. The number of benzene rings is 1. The van der Waals surface area contributed by atoms with Gasteiger partial charge in [-0.25, -0.2) is 9.97 Å². The van der Waals surface area contributed by atoms with Crippen LogP contribution in [0.1, 0.15) is 18.7 Å². The van der Waals surface area contributed by atoms with Crippen molar-refractivity contribution in [1.82, 2.24) is 14.5 Å². The third-order valence-electron chi connectivity index (χ3n) is 4.11. The number of rotatable bonds is 7. The number of nitrogens with one attached hydrogen (secondary N) is 1. The third kappa shape index (κ3) is 4.41. The number of nitrogens with two attached hydrogens (primary N) is 1. The van der Waals surface area contributed by atoms with Gasteiger partial charge >= 0.3 is 0 Å². The summed E-state index contributed by atoms with van der Waals surface area (Å²) in [4.78, 5) is 18.7. The van der Waals surface area contributed by atoms with Gasteiger partial charge in [0.25, 0.3) is 5.69 Å². The van der Waals surface area contributed by atoms with Crippen LogP contribution in [-0.2, 0) is 6.54 Å². The second-order valence-corrected chi connectivity index (χ2v) is 7.01. The summed E-state index contributed by atoms with van der Waals surface area (Å²) in [5, 5.41) is 14.9. The van der Waals surface area contributed by atoms with E-state index in [-0.39, 0.29) is 11.7 Å². The summed E-state index contributed by atoms with van der Waals surface area (Å²) in [5.41, 5.74) is 8.46. The first-order chi connectivity index (χ1) is 13.4. The zero-order valence-electron chi connectivity index (χ0n) is 15.0. The molecule has 0 aliphatic rings. The molecule has 8 nitrogen and oxygen atoms in total. The smallest absolute Gasteiger partial charge is 0.287 e. The number of pyridine rings is 1. The second kappa shape index (κ2) is 8.55. The van der Waals surface area contributed by atoms with Crippen molar-refractivity contribution in [3.63, 3.8) is 0 Å². The summed E-state index contributed by atoms with van der Waals surface area (Å²) >= 11 is 12.3. The van der Waals surface area contributed by atoms with Gasteiger partial charge in [0.15, 0.2) is 0 Å². The van der Waals surface area contributed by atoms with Gasteiger partial charge in [-0.2, -0.15) is 0 Å². The quantitative estimate of drug-likeness (QED) is 0.435. The van der Waals surface area contributed by atoms with Crippen LogP contribution < -0.4 is 11.1 Å². The van der Waals surface area contributed by atoms with Crippen molar-refractivity contribution >= 4 is 34.7 Å². The van der Waals surface area contributed by atoms with Crippen LogP contribution in [0.2, 0.25) is 10.0 Å². The molecule has 0 spiro atoms. The Hall–Kier alpha value is -2.68. The molecule has 3 rings (SSSR count). The van der Waals surface area contributed by atoms with Crippen LogP contribution in [0.25, 0.3) is 11.3 Å². The van der Waals surface area contributed by atoms with Gasteiger partial charge in [0.05, 0.1) is 27.7 Å². The van der Waals surface area contributed by atoms with Crippen molar-refractivity contribution in [2.45, 2.75) is 19.5 Å². The number of hydrogen-bond donors (Lipinski definition) is 2. The van der Waals surface area contributed by atoms with Crippen molar-refractivity contribution in [2.75, 3.05) is 11.9 Å². The minimum Gasteiger partial charge on any atom is -0.368 e. The number of aromatic nitrogens is 3. The van der Waals surface area contributed by atoms with E-state index in [1.54, 1.807) is 24.5 Å². The van der Waals surface area contributed by atoms with Gasteiger partial charge < -0.3 is 15.6 Å². The SMILES string of the molecule is C[C@H](N)c1c(-c2ccc(Cl)cc2Cl)ncn1CCNc1ccc([N+](=O)[O-])cn1. The lowest BCUT2D eigenvalue weighted by molar-refractivity contribution is -0.385. The lowest BCUT2D eigenvalue weighted by Crippen LogP contribution is -2.17. The lowest BCUT2D eigenvalue weighted by Gasteiger charge is -2.14. The first kappa shape index (κ1) is 20.1. The molecule has 0 saturated carbocycles. The Balaban J connectivity index is 1.75.